The maximum Gasteiger partial charge on any atom is 0.262 e. The van der Waals surface area contributed by atoms with Gasteiger partial charge in [-0.3, -0.25) is 9.69 Å². The van der Waals surface area contributed by atoms with Gasteiger partial charge in [0.2, 0.25) is 0 Å². The molecule has 6 nitrogen and oxygen atoms in total. The van der Waals surface area contributed by atoms with Crippen LogP contribution in [-0.2, 0) is 0 Å². The summed E-state index contributed by atoms with van der Waals surface area (Å²) in [6.45, 7) is 0. The molecule has 2 aromatic heterocycles. The Morgan fingerprint density at radius 2 is 1.36 bits per heavy atom. The van der Waals surface area contributed by atoms with Crippen molar-refractivity contribution < 1.29 is 4.79 Å². The number of fused-ring (bicyclic) bond motifs is 1. The zero-order valence-corrected chi connectivity index (χ0v) is 22.0. The van der Waals surface area contributed by atoms with Gasteiger partial charge in [-0.25, -0.2) is 9.97 Å². The molecule has 0 spiro atoms. The molecule has 4 aromatic carbocycles. The first-order valence-electron chi connectivity index (χ1n) is 12.2. The summed E-state index contributed by atoms with van der Waals surface area (Å²) in [6.07, 6.45) is 1.66. The molecule has 0 aliphatic rings. The third-order valence-electron chi connectivity index (χ3n) is 6.21. The number of nitrogens with one attached hydrogen (secondary N) is 2. The van der Waals surface area contributed by atoms with E-state index in [1.165, 1.54) is 0 Å². The van der Waals surface area contributed by atoms with Crippen LogP contribution < -0.4 is 10.2 Å². The number of carbonyl (C=O) groups excluding carboxylic acids is 1. The fourth-order valence-corrected chi connectivity index (χ4v) is 4.55. The molecule has 0 aliphatic heterocycles. The van der Waals surface area contributed by atoms with Crippen molar-refractivity contribution in [3.8, 4) is 11.4 Å². The fraction of sp³-hybridized carbons (Fsp3) is 0. The highest BCUT2D eigenvalue weighted by atomic mass is 35.5. The molecular formula is C31H21Cl2N5O. The number of nitrogens with zero attached hydrogens (tertiary/aromatic N) is 3. The Morgan fingerprint density at radius 1 is 0.744 bits per heavy atom. The number of amides is 1. The summed E-state index contributed by atoms with van der Waals surface area (Å²) in [5.74, 6) is 0.463. The van der Waals surface area contributed by atoms with Crippen molar-refractivity contribution in [2.24, 2.45) is 0 Å². The van der Waals surface area contributed by atoms with E-state index in [0.29, 0.717) is 44.0 Å². The molecule has 8 heteroatoms. The van der Waals surface area contributed by atoms with Crippen molar-refractivity contribution in [3.05, 3.63) is 131 Å². The molecule has 39 heavy (non-hydrogen) atoms. The summed E-state index contributed by atoms with van der Waals surface area (Å²) in [4.78, 5) is 28.0. The van der Waals surface area contributed by atoms with Gasteiger partial charge < -0.3 is 10.3 Å². The minimum atomic E-state index is -0.181. The van der Waals surface area contributed by atoms with Gasteiger partial charge in [0.05, 0.1) is 5.69 Å². The molecule has 0 aliphatic carbocycles. The van der Waals surface area contributed by atoms with Gasteiger partial charge in [0.15, 0.2) is 5.65 Å². The second-order valence-corrected chi connectivity index (χ2v) is 9.68. The van der Waals surface area contributed by atoms with Crippen LogP contribution in [0.2, 0.25) is 10.0 Å². The largest absolute Gasteiger partial charge is 0.356 e. The van der Waals surface area contributed by atoms with E-state index in [9.17, 15) is 4.79 Å². The fourth-order valence-electron chi connectivity index (χ4n) is 4.30. The zero-order valence-electron chi connectivity index (χ0n) is 20.5. The monoisotopic (exact) mass is 549 g/mol. The van der Waals surface area contributed by atoms with Crippen molar-refractivity contribution in [2.75, 3.05) is 10.2 Å². The Kier molecular flexibility index (Phi) is 6.71. The van der Waals surface area contributed by atoms with Gasteiger partial charge in [-0.2, -0.15) is 0 Å². The molecule has 6 aromatic rings. The van der Waals surface area contributed by atoms with Gasteiger partial charge in [0.1, 0.15) is 11.3 Å². The summed E-state index contributed by atoms with van der Waals surface area (Å²) < 4.78 is 0. The molecule has 0 atom stereocenters. The number of pyridine rings is 1. The summed E-state index contributed by atoms with van der Waals surface area (Å²) in [6, 6.07) is 33.5. The smallest absolute Gasteiger partial charge is 0.262 e. The first kappa shape index (κ1) is 24.7. The molecule has 2 heterocycles. The van der Waals surface area contributed by atoms with Crippen LogP contribution in [0.3, 0.4) is 0 Å². The molecule has 6 rings (SSSR count). The topological polar surface area (TPSA) is 73.9 Å². The van der Waals surface area contributed by atoms with Crippen molar-refractivity contribution in [1.29, 1.82) is 0 Å². The van der Waals surface area contributed by atoms with Gasteiger partial charge >= 0.3 is 0 Å². The molecule has 0 radical (unpaired) electrons. The quantitative estimate of drug-likeness (QED) is 0.218. The number of aromatic amines is 1. The summed E-state index contributed by atoms with van der Waals surface area (Å²) >= 11 is 12.1. The minimum absolute atomic E-state index is 0.181. The first-order valence-corrected chi connectivity index (χ1v) is 12.9. The summed E-state index contributed by atoms with van der Waals surface area (Å²) in [5, 5.41) is 4.63. The van der Waals surface area contributed by atoms with Gasteiger partial charge in [0, 0.05) is 44.4 Å². The van der Waals surface area contributed by atoms with Gasteiger partial charge in [-0.05, 0) is 91.0 Å². The molecular weight excluding hydrogens is 529 g/mol. The van der Waals surface area contributed by atoms with E-state index in [4.69, 9.17) is 28.2 Å². The van der Waals surface area contributed by atoms with Crippen LogP contribution in [-0.4, -0.2) is 20.9 Å². The predicted molar refractivity (Wildman–Crippen MR) is 158 cm³/mol. The predicted octanol–water partition coefficient (Wildman–Crippen LogP) is 8.65. The van der Waals surface area contributed by atoms with E-state index in [-0.39, 0.29) is 5.91 Å². The Morgan fingerprint density at radius 3 is 2.03 bits per heavy atom. The number of H-pyrrole nitrogens is 1. The number of anilines is 4. The Balaban J connectivity index is 1.37. The highest BCUT2D eigenvalue weighted by Gasteiger charge is 2.23. The second kappa shape index (κ2) is 10.6. The highest BCUT2D eigenvalue weighted by molar-refractivity contribution is 6.31. The maximum atomic E-state index is 13.8. The normalized spacial score (nSPS) is 10.9. The van der Waals surface area contributed by atoms with Crippen molar-refractivity contribution in [2.45, 2.75) is 0 Å². The van der Waals surface area contributed by atoms with Crippen molar-refractivity contribution in [1.82, 2.24) is 15.0 Å². The molecule has 190 valence electrons. The number of halogens is 2. The van der Waals surface area contributed by atoms with Crippen molar-refractivity contribution in [3.63, 3.8) is 0 Å². The lowest BCUT2D eigenvalue weighted by Crippen LogP contribution is -2.26. The average molecular weight is 550 g/mol. The molecule has 0 bridgehead atoms. The Bertz CT molecular complexity index is 1750. The molecule has 0 unspecified atom stereocenters. The van der Waals surface area contributed by atoms with Crippen molar-refractivity contribution >= 4 is 63.0 Å². The van der Waals surface area contributed by atoms with E-state index in [1.807, 2.05) is 78.9 Å². The molecule has 0 saturated carbocycles. The standard InChI is InChI=1S/C31H21Cl2N5O/c32-22-8-14-25(15-9-22)35-24-12-6-20(7-13-24)29-36-28-27(18-19-34-30(28)37-29)38(26-16-10-23(33)11-17-26)31(39)21-4-2-1-3-5-21/h1-19,35H,(H,34,36,37). The van der Waals surface area contributed by atoms with Crippen LogP contribution >= 0.6 is 23.2 Å². The lowest BCUT2D eigenvalue weighted by atomic mass is 10.1. The molecule has 2 N–H and O–H groups in total. The third-order valence-corrected chi connectivity index (χ3v) is 6.71. The van der Waals surface area contributed by atoms with E-state index in [0.717, 1.165) is 16.9 Å². The number of rotatable bonds is 6. The Labute approximate surface area is 234 Å². The second-order valence-electron chi connectivity index (χ2n) is 8.81. The van der Waals surface area contributed by atoms with Gasteiger partial charge in [-0.15, -0.1) is 0 Å². The van der Waals surface area contributed by atoms with E-state index in [1.54, 1.807) is 41.4 Å². The SMILES string of the molecule is O=C(c1ccccc1)N(c1ccc(Cl)cc1)c1ccnc2nc(-c3ccc(Nc4ccc(Cl)cc4)cc3)[nH]c12. The van der Waals surface area contributed by atoms with Crippen LogP contribution in [0.15, 0.2) is 115 Å². The lowest BCUT2D eigenvalue weighted by Gasteiger charge is -2.23. The summed E-state index contributed by atoms with van der Waals surface area (Å²) in [5.41, 5.74) is 5.77. The maximum absolute atomic E-state index is 13.8. The first-order chi connectivity index (χ1) is 19.0. The van der Waals surface area contributed by atoms with Crippen LogP contribution in [0.5, 0.6) is 0 Å². The van der Waals surface area contributed by atoms with Crippen LogP contribution in [0.1, 0.15) is 10.4 Å². The van der Waals surface area contributed by atoms with Crippen LogP contribution in [0.25, 0.3) is 22.6 Å². The van der Waals surface area contributed by atoms with Gasteiger partial charge in [0.25, 0.3) is 5.91 Å². The number of imidazole rings is 1. The van der Waals surface area contributed by atoms with E-state index in [2.05, 4.69) is 15.3 Å². The van der Waals surface area contributed by atoms with Crippen LogP contribution in [0, 0.1) is 0 Å². The molecule has 0 fully saturated rings. The van der Waals surface area contributed by atoms with Gasteiger partial charge in [-0.1, -0.05) is 41.4 Å². The highest BCUT2D eigenvalue weighted by Crippen LogP contribution is 2.34. The number of aromatic nitrogens is 3. The number of carbonyl (C=O) groups is 1. The van der Waals surface area contributed by atoms with E-state index < -0.39 is 0 Å². The number of benzene rings is 4. The lowest BCUT2D eigenvalue weighted by molar-refractivity contribution is 0.0999. The number of hydrogen-bond donors (Lipinski definition) is 2. The number of hydrogen-bond acceptors (Lipinski definition) is 4. The Hall–Kier alpha value is -4.65. The zero-order chi connectivity index (χ0) is 26.8. The average Bonchev–Trinajstić information content (AvgIpc) is 3.41. The summed E-state index contributed by atoms with van der Waals surface area (Å²) in [7, 11) is 0. The van der Waals surface area contributed by atoms with Crippen LogP contribution in [0.4, 0.5) is 22.7 Å². The van der Waals surface area contributed by atoms with E-state index >= 15 is 0 Å². The molecule has 1 amide bonds. The molecule has 0 saturated heterocycles. The third kappa shape index (κ3) is 5.21. The minimum Gasteiger partial charge on any atom is -0.356 e.